The number of hydrogen-bond donors (Lipinski definition) is 2. The summed E-state index contributed by atoms with van der Waals surface area (Å²) in [7, 11) is 0. The van der Waals surface area contributed by atoms with Crippen molar-refractivity contribution >= 4 is 34.3 Å². The summed E-state index contributed by atoms with van der Waals surface area (Å²) in [6.07, 6.45) is 1.73. The minimum atomic E-state index is -0.981. The minimum absolute atomic E-state index is 0.191. The molecule has 0 spiro atoms. The fourth-order valence-electron chi connectivity index (χ4n) is 1.17. The molecule has 0 aliphatic heterocycles. The van der Waals surface area contributed by atoms with Crippen LogP contribution in [0.25, 0.3) is 9.75 Å². The normalized spacial score (nSPS) is 10.5. The van der Waals surface area contributed by atoms with Crippen LogP contribution in [0.4, 0.5) is 5.69 Å². The number of rotatable bonds is 2. The molecule has 0 bridgehead atoms. The number of nitrogens with two attached hydrogens (primary N) is 1. The summed E-state index contributed by atoms with van der Waals surface area (Å²) in [5.74, 6) is -0.981. The van der Waals surface area contributed by atoms with Crippen molar-refractivity contribution in [3.05, 3.63) is 22.1 Å². The third kappa shape index (κ3) is 1.86. The number of aromatic nitrogens is 1. The molecule has 0 fully saturated rings. The summed E-state index contributed by atoms with van der Waals surface area (Å²) in [6.45, 7) is 1.91. The van der Waals surface area contributed by atoms with Crippen molar-refractivity contribution in [2.75, 3.05) is 5.73 Å². The molecule has 2 rings (SSSR count). The van der Waals surface area contributed by atoms with Gasteiger partial charge in [0.25, 0.3) is 0 Å². The van der Waals surface area contributed by atoms with Crippen molar-refractivity contribution in [2.24, 2.45) is 0 Å². The standard InChI is InChI=1S/C9H8N2O2S2/c1-4-11-3-7(14-4)6-2-5(10)8(15-6)9(12)13/h2-3H,10H2,1H3,(H,12,13). The number of anilines is 1. The second-order valence-corrected chi connectivity index (χ2v) is 5.23. The maximum Gasteiger partial charge on any atom is 0.348 e. The Morgan fingerprint density at radius 1 is 1.47 bits per heavy atom. The number of carbonyl (C=O) groups is 1. The predicted octanol–water partition coefficient (Wildman–Crippen LogP) is 2.46. The van der Waals surface area contributed by atoms with E-state index in [1.54, 1.807) is 12.3 Å². The van der Waals surface area contributed by atoms with Crippen molar-refractivity contribution in [3.8, 4) is 9.75 Å². The topological polar surface area (TPSA) is 76.2 Å². The summed E-state index contributed by atoms with van der Waals surface area (Å²) in [5, 5.41) is 9.80. The number of hydrogen-bond acceptors (Lipinski definition) is 5. The molecular weight excluding hydrogens is 232 g/mol. The Kier molecular flexibility index (Phi) is 2.45. The van der Waals surface area contributed by atoms with Crippen molar-refractivity contribution in [3.63, 3.8) is 0 Å². The molecule has 0 aliphatic rings. The zero-order chi connectivity index (χ0) is 11.0. The highest BCUT2D eigenvalue weighted by Gasteiger charge is 2.14. The largest absolute Gasteiger partial charge is 0.477 e. The van der Waals surface area contributed by atoms with Crippen LogP contribution in [0.2, 0.25) is 0 Å². The third-order valence-electron chi connectivity index (χ3n) is 1.82. The molecule has 0 aliphatic carbocycles. The van der Waals surface area contributed by atoms with Gasteiger partial charge in [-0.1, -0.05) is 0 Å². The summed E-state index contributed by atoms with van der Waals surface area (Å²) >= 11 is 2.71. The van der Waals surface area contributed by atoms with Gasteiger partial charge in [-0.15, -0.1) is 22.7 Å². The fourth-order valence-corrected chi connectivity index (χ4v) is 2.93. The molecule has 2 heterocycles. The molecule has 0 atom stereocenters. The molecule has 15 heavy (non-hydrogen) atoms. The van der Waals surface area contributed by atoms with Crippen LogP contribution in [0.1, 0.15) is 14.7 Å². The van der Waals surface area contributed by atoms with E-state index < -0.39 is 5.97 Å². The molecule has 2 aromatic rings. The number of carboxylic acid groups (broad SMARTS) is 1. The van der Waals surface area contributed by atoms with E-state index in [9.17, 15) is 4.79 Å². The minimum Gasteiger partial charge on any atom is -0.477 e. The molecule has 0 radical (unpaired) electrons. The lowest BCUT2D eigenvalue weighted by atomic mass is 10.3. The van der Waals surface area contributed by atoms with Gasteiger partial charge in [-0.25, -0.2) is 9.78 Å². The summed E-state index contributed by atoms with van der Waals surface area (Å²) in [4.78, 5) is 16.9. The van der Waals surface area contributed by atoms with Crippen molar-refractivity contribution in [1.82, 2.24) is 4.98 Å². The zero-order valence-corrected chi connectivity index (χ0v) is 9.48. The Morgan fingerprint density at radius 3 is 2.67 bits per heavy atom. The number of nitrogens with zero attached hydrogens (tertiary/aromatic N) is 1. The SMILES string of the molecule is Cc1ncc(-c2cc(N)c(C(=O)O)s2)s1. The van der Waals surface area contributed by atoms with Gasteiger partial charge in [0.2, 0.25) is 0 Å². The molecule has 0 unspecified atom stereocenters. The van der Waals surface area contributed by atoms with Gasteiger partial charge in [0.05, 0.1) is 15.6 Å². The van der Waals surface area contributed by atoms with E-state index in [-0.39, 0.29) is 4.88 Å². The molecule has 4 nitrogen and oxygen atoms in total. The van der Waals surface area contributed by atoms with Gasteiger partial charge in [0.15, 0.2) is 0 Å². The van der Waals surface area contributed by atoms with Crippen LogP contribution >= 0.6 is 22.7 Å². The van der Waals surface area contributed by atoms with Crippen LogP contribution in [0.3, 0.4) is 0 Å². The smallest absolute Gasteiger partial charge is 0.348 e. The molecule has 2 aromatic heterocycles. The Balaban J connectivity index is 2.46. The van der Waals surface area contributed by atoms with Gasteiger partial charge < -0.3 is 10.8 Å². The van der Waals surface area contributed by atoms with E-state index in [1.807, 2.05) is 6.92 Å². The predicted molar refractivity (Wildman–Crippen MR) is 61.5 cm³/mol. The maximum atomic E-state index is 10.8. The van der Waals surface area contributed by atoms with Crippen LogP contribution < -0.4 is 5.73 Å². The van der Waals surface area contributed by atoms with Gasteiger partial charge in [-0.3, -0.25) is 0 Å². The summed E-state index contributed by atoms with van der Waals surface area (Å²) in [6, 6.07) is 1.68. The second kappa shape index (κ2) is 3.63. The Hall–Kier alpha value is -1.40. The van der Waals surface area contributed by atoms with Crippen molar-refractivity contribution in [2.45, 2.75) is 6.92 Å². The van der Waals surface area contributed by atoms with Crippen LogP contribution in [-0.2, 0) is 0 Å². The fraction of sp³-hybridized carbons (Fsp3) is 0.111. The van der Waals surface area contributed by atoms with Crippen LogP contribution in [0.15, 0.2) is 12.3 Å². The quantitative estimate of drug-likeness (QED) is 0.845. The summed E-state index contributed by atoms with van der Waals surface area (Å²) in [5.41, 5.74) is 5.91. The highest BCUT2D eigenvalue weighted by molar-refractivity contribution is 7.23. The lowest BCUT2D eigenvalue weighted by Crippen LogP contribution is -1.96. The van der Waals surface area contributed by atoms with E-state index in [2.05, 4.69) is 4.98 Å². The first-order valence-electron chi connectivity index (χ1n) is 4.13. The van der Waals surface area contributed by atoms with Crippen LogP contribution in [-0.4, -0.2) is 16.1 Å². The molecule has 3 N–H and O–H groups in total. The Bertz CT molecular complexity index is 516. The first-order valence-corrected chi connectivity index (χ1v) is 5.76. The van der Waals surface area contributed by atoms with Crippen molar-refractivity contribution < 1.29 is 9.90 Å². The van der Waals surface area contributed by atoms with Crippen LogP contribution in [0, 0.1) is 6.92 Å². The third-order valence-corrected chi connectivity index (χ3v) is 4.07. The first kappa shape index (κ1) is 10.1. The van der Waals surface area contributed by atoms with Crippen molar-refractivity contribution in [1.29, 1.82) is 0 Å². The van der Waals surface area contributed by atoms with Gasteiger partial charge >= 0.3 is 5.97 Å². The number of carboxylic acids is 1. The van der Waals surface area contributed by atoms with E-state index in [0.717, 1.165) is 14.8 Å². The molecule has 0 amide bonds. The lowest BCUT2D eigenvalue weighted by Gasteiger charge is -1.87. The van der Waals surface area contributed by atoms with Gasteiger partial charge in [-0.2, -0.15) is 0 Å². The average molecular weight is 240 g/mol. The van der Waals surface area contributed by atoms with Gasteiger partial charge in [0.1, 0.15) is 4.88 Å². The maximum absolute atomic E-state index is 10.8. The monoisotopic (exact) mass is 240 g/mol. The Labute approximate surface area is 94.0 Å². The highest BCUT2D eigenvalue weighted by Crippen LogP contribution is 2.35. The second-order valence-electron chi connectivity index (χ2n) is 2.94. The first-order chi connectivity index (χ1) is 7.08. The molecule has 6 heteroatoms. The zero-order valence-electron chi connectivity index (χ0n) is 7.85. The van der Waals surface area contributed by atoms with E-state index in [1.165, 1.54) is 22.7 Å². The summed E-state index contributed by atoms with van der Waals surface area (Å²) < 4.78 is 0. The molecule has 0 saturated heterocycles. The lowest BCUT2D eigenvalue weighted by molar-refractivity contribution is 0.0703. The van der Waals surface area contributed by atoms with E-state index >= 15 is 0 Å². The molecule has 78 valence electrons. The molecule has 0 saturated carbocycles. The Morgan fingerprint density at radius 2 is 2.20 bits per heavy atom. The average Bonchev–Trinajstić information content (AvgIpc) is 2.71. The van der Waals surface area contributed by atoms with E-state index in [0.29, 0.717) is 5.69 Å². The van der Waals surface area contributed by atoms with Gasteiger partial charge in [0, 0.05) is 11.1 Å². The highest BCUT2D eigenvalue weighted by atomic mass is 32.1. The number of aryl methyl sites for hydroxylation is 1. The van der Waals surface area contributed by atoms with E-state index in [4.69, 9.17) is 10.8 Å². The number of aromatic carboxylic acids is 1. The molecular formula is C9H8N2O2S2. The molecule has 0 aromatic carbocycles. The number of nitrogen functional groups attached to an aromatic ring is 1. The van der Waals surface area contributed by atoms with Crippen LogP contribution in [0.5, 0.6) is 0 Å². The number of thiazole rings is 1. The number of thiophene rings is 1. The van der Waals surface area contributed by atoms with Gasteiger partial charge in [-0.05, 0) is 13.0 Å².